The van der Waals surface area contributed by atoms with Crippen LogP contribution in [-0.4, -0.2) is 47.4 Å². The Hall–Kier alpha value is -0.940. The van der Waals surface area contributed by atoms with Gasteiger partial charge in [0.05, 0.1) is 4.47 Å². The minimum Gasteiger partial charge on any atom is -0.336 e. The summed E-state index contributed by atoms with van der Waals surface area (Å²) in [7, 11) is 0. The zero-order chi connectivity index (χ0) is 14.9. The predicted molar refractivity (Wildman–Crippen MR) is 81.3 cm³/mol. The quantitative estimate of drug-likeness (QED) is 0.782. The molecule has 2 rings (SSSR count). The van der Waals surface area contributed by atoms with Crippen LogP contribution in [0.1, 0.15) is 31.1 Å². The lowest BCUT2D eigenvalue weighted by molar-refractivity contribution is 0.0451. The van der Waals surface area contributed by atoms with Gasteiger partial charge in [-0.15, -0.1) is 0 Å². The van der Waals surface area contributed by atoms with E-state index in [-0.39, 0.29) is 17.3 Å². The molecule has 5 heteroatoms. The smallest absolute Gasteiger partial charge is 0.253 e. The van der Waals surface area contributed by atoms with Crippen molar-refractivity contribution in [1.82, 2.24) is 9.80 Å². The molecule has 0 aliphatic carbocycles. The Morgan fingerprint density at radius 3 is 2.30 bits per heavy atom. The third-order valence-corrected chi connectivity index (χ3v) is 4.29. The second kappa shape index (κ2) is 5.82. The van der Waals surface area contributed by atoms with Crippen LogP contribution in [0.2, 0.25) is 0 Å². The third-order valence-electron chi connectivity index (χ3n) is 3.68. The molecule has 0 radical (unpaired) electrons. The molecule has 1 heterocycles. The number of amides is 1. The van der Waals surface area contributed by atoms with Crippen LogP contribution in [0.4, 0.5) is 4.39 Å². The highest BCUT2D eigenvalue weighted by Crippen LogP contribution is 2.20. The van der Waals surface area contributed by atoms with E-state index >= 15 is 0 Å². The molecule has 110 valence electrons. The summed E-state index contributed by atoms with van der Waals surface area (Å²) in [5.41, 5.74) is 0.663. The molecule has 1 aromatic rings. The molecule has 1 fully saturated rings. The zero-order valence-corrected chi connectivity index (χ0v) is 13.7. The fraction of sp³-hybridized carbons (Fsp3) is 0.533. The van der Waals surface area contributed by atoms with Gasteiger partial charge >= 0.3 is 0 Å². The highest BCUT2D eigenvalue weighted by molar-refractivity contribution is 9.10. The van der Waals surface area contributed by atoms with Crippen molar-refractivity contribution in [3.05, 3.63) is 34.1 Å². The van der Waals surface area contributed by atoms with E-state index in [1.165, 1.54) is 6.07 Å². The van der Waals surface area contributed by atoms with Gasteiger partial charge in [-0.25, -0.2) is 4.39 Å². The summed E-state index contributed by atoms with van der Waals surface area (Å²) >= 11 is 3.12. The van der Waals surface area contributed by atoms with E-state index in [1.54, 1.807) is 12.1 Å². The Labute approximate surface area is 127 Å². The summed E-state index contributed by atoms with van der Waals surface area (Å²) in [6.45, 7) is 9.72. The lowest BCUT2D eigenvalue weighted by Crippen LogP contribution is -2.54. The molecule has 20 heavy (non-hydrogen) atoms. The van der Waals surface area contributed by atoms with E-state index in [4.69, 9.17) is 0 Å². The van der Waals surface area contributed by atoms with Gasteiger partial charge in [0.1, 0.15) is 5.82 Å². The molecule has 0 N–H and O–H groups in total. The number of carbonyl (C=O) groups excluding carboxylic acids is 1. The van der Waals surface area contributed by atoms with Gasteiger partial charge in [0, 0.05) is 37.3 Å². The first-order valence-electron chi connectivity index (χ1n) is 6.78. The van der Waals surface area contributed by atoms with Crippen LogP contribution < -0.4 is 0 Å². The Morgan fingerprint density at radius 1 is 1.20 bits per heavy atom. The van der Waals surface area contributed by atoms with Crippen LogP contribution in [0.25, 0.3) is 0 Å². The summed E-state index contributed by atoms with van der Waals surface area (Å²) in [5.74, 6) is -0.377. The van der Waals surface area contributed by atoms with Crippen molar-refractivity contribution in [1.29, 1.82) is 0 Å². The molecule has 3 nitrogen and oxygen atoms in total. The van der Waals surface area contributed by atoms with Gasteiger partial charge in [-0.05, 0) is 54.9 Å². The van der Waals surface area contributed by atoms with Gasteiger partial charge in [-0.2, -0.15) is 0 Å². The van der Waals surface area contributed by atoms with Gasteiger partial charge in [0.25, 0.3) is 5.91 Å². The summed E-state index contributed by atoms with van der Waals surface area (Å²) in [6.07, 6.45) is 0. The van der Waals surface area contributed by atoms with Crippen molar-refractivity contribution >= 4 is 21.8 Å². The van der Waals surface area contributed by atoms with Crippen LogP contribution in [-0.2, 0) is 0 Å². The summed E-state index contributed by atoms with van der Waals surface area (Å²) in [4.78, 5) is 16.6. The monoisotopic (exact) mass is 342 g/mol. The number of carbonyl (C=O) groups is 1. The first kappa shape index (κ1) is 15.4. The number of nitrogens with zero attached hydrogens (tertiary/aromatic N) is 2. The molecule has 0 spiro atoms. The van der Waals surface area contributed by atoms with Gasteiger partial charge < -0.3 is 4.90 Å². The van der Waals surface area contributed by atoms with Crippen LogP contribution in [0.5, 0.6) is 0 Å². The van der Waals surface area contributed by atoms with E-state index in [1.807, 2.05) is 4.90 Å². The van der Waals surface area contributed by atoms with Crippen LogP contribution >= 0.6 is 15.9 Å². The highest BCUT2D eigenvalue weighted by atomic mass is 79.9. The second-order valence-corrected chi connectivity index (χ2v) is 6.93. The Morgan fingerprint density at radius 2 is 1.80 bits per heavy atom. The SMILES string of the molecule is CC(C)(C)N1CCN(C(=O)c2ccc(F)c(Br)c2)CC1. The Kier molecular flexibility index (Phi) is 4.49. The van der Waals surface area contributed by atoms with Crippen molar-refractivity contribution < 1.29 is 9.18 Å². The summed E-state index contributed by atoms with van der Waals surface area (Å²) in [5, 5.41) is 0. The van der Waals surface area contributed by atoms with E-state index in [9.17, 15) is 9.18 Å². The second-order valence-electron chi connectivity index (χ2n) is 6.08. The largest absolute Gasteiger partial charge is 0.336 e. The minimum absolute atomic E-state index is 0.0285. The number of hydrogen-bond donors (Lipinski definition) is 0. The highest BCUT2D eigenvalue weighted by Gasteiger charge is 2.28. The topological polar surface area (TPSA) is 23.6 Å². The van der Waals surface area contributed by atoms with Gasteiger partial charge in [0.15, 0.2) is 0 Å². The van der Waals surface area contributed by atoms with Crippen molar-refractivity contribution in [2.45, 2.75) is 26.3 Å². The van der Waals surface area contributed by atoms with Crippen molar-refractivity contribution in [3.8, 4) is 0 Å². The number of benzene rings is 1. The fourth-order valence-corrected chi connectivity index (χ4v) is 2.77. The Bertz CT molecular complexity index is 505. The normalized spacial score (nSPS) is 17.4. The average molecular weight is 343 g/mol. The molecule has 0 saturated carbocycles. The molecule has 1 aliphatic rings. The van der Waals surface area contributed by atoms with Crippen molar-refractivity contribution in [3.63, 3.8) is 0 Å². The summed E-state index contributed by atoms with van der Waals surface area (Å²) < 4.78 is 13.5. The Balaban J connectivity index is 2.03. The number of hydrogen-bond acceptors (Lipinski definition) is 2. The van der Waals surface area contributed by atoms with Gasteiger partial charge in [-0.1, -0.05) is 0 Å². The lowest BCUT2D eigenvalue weighted by atomic mass is 10.0. The maximum absolute atomic E-state index is 13.2. The lowest BCUT2D eigenvalue weighted by Gasteiger charge is -2.42. The first-order valence-corrected chi connectivity index (χ1v) is 7.58. The molecule has 0 aromatic heterocycles. The number of halogens is 2. The van der Waals surface area contributed by atoms with Gasteiger partial charge in [-0.3, -0.25) is 9.69 Å². The van der Waals surface area contributed by atoms with E-state index in [0.29, 0.717) is 23.1 Å². The first-order chi connectivity index (χ1) is 9.29. The molecule has 0 atom stereocenters. The molecular weight excluding hydrogens is 323 g/mol. The van der Waals surface area contributed by atoms with Crippen LogP contribution in [0.15, 0.2) is 22.7 Å². The van der Waals surface area contributed by atoms with Gasteiger partial charge in [0.2, 0.25) is 0 Å². The maximum atomic E-state index is 13.2. The molecule has 0 unspecified atom stereocenters. The van der Waals surface area contributed by atoms with Crippen LogP contribution in [0.3, 0.4) is 0 Å². The summed E-state index contributed by atoms with van der Waals surface area (Å²) in [6, 6.07) is 4.41. The average Bonchev–Trinajstić information content (AvgIpc) is 2.40. The maximum Gasteiger partial charge on any atom is 0.253 e. The van der Waals surface area contributed by atoms with E-state index < -0.39 is 0 Å². The number of piperazine rings is 1. The minimum atomic E-state index is -0.348. The standard InChI is InChI=1S/C15H20BrFN2O/c1-15(2,3)19-8-6-18(7-9-19)14(20)11-4-5-13(17)12(16)10-11/h4-5,10H,6-9H2,1-3H3. The number of rotatable bonds is 1. The third kappa shape index (κ3) is 3.38. The van der Waals surface area contributed by atoms with Crippen molar-refractivity contribution in [2.75, 3.05) is 26.2 Å². The molecule has 1 aliphatic heterocycles. The molecule has 1 amide bonds. The zero-order valence-electron chi connectivity index (χ0n) is 12.1. The molecule has 1 saturated heterocycles. The van der Waals surface area contributed by atoms with E-state index in [0.717, 1.165) is 13.1 Å². The molecule has 0 bridgehead atoms. The molecular formula is C15H20BrFN2O. The molecule has 1 aromatic carbocycles. The fourth-order valence-electron chi connectivity index (χ4n) is 2.39. The van der Waals surface area contributed by atoms with Crippen LogP contribution in [0, 0.1) is 5.82 Å². The van der Waals surface area contributed by atoms with Crippen molar-refractivity contribution in [2.24, 2.45) is 0 Å². The van der Waals surface area contributed by atoms with E-state index in [2.05, 4.69) is 41.6 Å². The predicted octanol–water partition coefficient (Wildman–Crippen LogP) is 3.14.